The first kappa shape index (κ1) is 16.7. The summed E-state index contributed by atoms with van der Waals surface area (Å²) in [6.07, 6.45) is 0. The highest BCUT2D eigenvalue weighted by atomic mass is 16.2. The highest BCUT2D eigenvalue weighted by molar-refractivity contribution is 6.05. The lowest BCUT2D eigenvalue weighted by Crippen LogP contribution is -2.25. The summed E-state index contributed by atoms with van der Waals surface area (Å²) in [5.41, 5.74) is 4.08. The van der Waals surface area contributed by atoms with Gasteiger partial charge < -0.3 is 16.0 Å². The molecule has 0 aromatic heterocycles. The second-order valence-corrected chi connectivity index (χ2v) is 5.38. The Bertz CT molecular complexity index is 688. The third-order valence-corrected chi connectivity index (χ3v) is 3.49. The molecule has 120 valence electrons. The molecule has 5 nitrogen and oxygen atoms in total. The molecule has 0 fully saturated rings. The summed E-state index contributed by atoms with van der Waals surface area (Å²) >= 11 is 0. The molecular formula is C18H21N3O2. The van der Waals surface area contributed by atoms with Crippen molar-refractivity contribution in [2.75, 3.05) is 24.2 Å². The maximum Gasteiger partial charge on any atom is 0.255 e. The monoisotopic (exact) mass is 311 g/mol. The fraction of sp³-hybridized carbons (Fsp3) is 0.222. The number of nitrogens with one attached hydrogen (secondary N) is 3. The number of amides is 2. The lowest BCUT2D eigenvalue weighted by atomic mass is 10.1. The van der Waals surface area contributed by atoms with Crippen molar-refractivity contribution < 1.29 is 9.59 Å². The van der Waals surface area contributed by atoms with Crippen LogP contribution in [0.4, 0.5) is 11.4 Å². The van der Waals surface area contributed by atoms with E-state index in [1.165, 1.54) is 0 Å². The van der Waals surface area contributed by atoms with E-state index >= 15 is 0 Å². The van der Waals surface area contributed by atoms with Crippen LogP contribution in [0.15, 0.2) is 42.5 Å². The van der Waals surface area contributed by atoms with Crippen molar-refractivity contribution in [3.8, 4) is 0 Å². The number of rotatable bonds is 5. The molecule has 0 spiro atoms. The van der Waals surface area contributed by atoms with Crippen molar-refractivity contribution in [3.63, 3.8) is 0 Å². The van der Waals surface area contributed by atoms with Crippen LogP contribution >= 0.6 is 0 Å². The lowest BCUT2D eigenvalue weighted by molar-refractivity contribution is -0.115. The van der Waals surface area contributed by atoms with Gasteiger partial charge in [0, 0.05) is 16.9 Å². The van der Waals surface area contributed by atoms with Gasteiger partial charge in [0.1, 0.15) is 0 Å². The van der Waals surface area contributed by atoms with E-state index in [1.54, 1.807) is 31.3 Å². The van der Waals surface area contributed by atoms with Crippen LogP contribution in [0, 0.1) is 13.8 Å². The molecule has 2 rings (SSSR count). The van der Waals surface area contributed by atoms with Crippen LogP contribution in [0.2, 0.25) is 0 Å². The Hall–Kier alpha value is -2.66. The summed E-state index contributed by atoms with van der Waals surface area (Å²) in [7, 11) is 1.71. The average Bonchev–Trinajstić information content (AvgIpc) is 2.52. The van der Waals surface area contributed by atoms with Gasteiger partial charge in [-0.25, -0.2) is 0 Å². The molecule has 0 aliphatic rings. The van der Waals surface area contributed by atoms with E-state index in [0.29, 0.717) is 11.3 Å². The number of likely N-dealkylation sites (N-methyl/N-ethyl adjacent to an activating group) is 1. The van der Waals surface area contributed by atoms with Crippen molar-refractivity contribution in [2.45, 2.75) is 13.8 Å². The molecule has 23 heavy (non-hydrogen) atoms. The quantitative estimate of drug-likeness (QED) is 0.795. The molecule has 3 N–H and O–H groups in total. The van der Waals surface area contributed by atoms with E-state index in [2.05, 4.69) is 16.0 Å². The molecule has 0 radical (unpaired) electrons. The molecule has 0 unspecified atom stereocenters. The highest BCUT2D eigenvalue weighted by Crippen LogP contribution is 2.20. The second kappa shape index (κ2) is 7.56. The van der Waals surface area contributed by atoms with Gasteiger partial charge >= 0.3 is 0 Å². The zero-order valence-electron chi connectivity index (χ0n) is 13.6. The number of hydrogen-bond donors (Lipinski definition) is 3. The predicted molar refractivity (Wildman–Crippen MR) is 92.9 cm³/mol. The topological polar surface area (TPSA) is 70.2 Å². The van der Waals surface area contributed by atoms with E-state index in [0.717, 1.165) is 16.8 Å². The van der Waals surface area contributed by atoms with E-state index in [1.807, 2.05) is 32.0 Å². The fourth-order valence-electron chi connectivity index (χ4n) is 2.27. The van der Waals surface area contributed by atoms with Crippen LogP contribution in [-0.2, 0) is 4.79 Å². The van der Waals surface area contributed by atoms with Gasteiger partial charge in [0.05, 0.1) is 6.54 Å². The van der Waals surface area contributed by atoms with Crippen LogP contribution in [0.25, 0.3) is 0 Å². The van der Waals surface area contributed by atoms with Crippen molar-refractivity contribution in [1.82, 2.24) is 5.32 Å². The number of carbonyl (C=O) groups is 2. The zero-order chi connectivity index (χ0) is 16.8. The number of hydrogen-bond acceptors (Lipinski definition) is 3. The molecular weight excluding hydrogens is 290 g/mol. The normalized spacial score (nSPS) is 10.2. The number of para-hydroxylation sites is 1. The van der Waals surface area contributed by atoms with Crippen LogP contribution in [0.1, 0.15) is 21.5 Å². The summed E-state index contributed by atoms with van der Waals surface area (Å²) in [5, 5.41) is 8.46. The Morgan fingerprint density at radius 3 is 2.09 bits per heavy atom. The molecule has 0 saturated carbocycles. The Morgan fingerprint density at radius 2 is 1.52 bits per heavy atom. The Balaban J connectivity index is 2.07. The van der Waals surface area contributed by atoms with Gasteiger partial charge in [-0.15, -0.1) is 0 Å². The Morgan fingerprint density at radius 1 is 0.913 bits per heavy atom. The van der Waals surface area contributed by atoms with E-state index in [-0.39, 0.29) is 18.4 Å². The Labute approximate surface area is 136 Å². The van der Waals surface area contributed by atoms with Gasteiger partial charge in [0.15, 0.2) is 0 Å². The van der Waals surface area contributed by atoms with Crippen LogP contribution in [-0.4, -0.2) is 25.4 Å². The number of aryl methyl sites for hydroxylation is 2. The lowest BCUT2D eigenvalue weighted by Gasteiger charge is -2.12. The molecule has 0 heterocycles. The van der Waals surface area contributed by atoms with Crippen molar-refractivity contribution >= 4 is 23.2 Å². The molecule has 0 atom stereocenters. The number of benzene rings is 2. The minimum absolute atomic E-state index is 0.125. The zero-order valence-corrected chi connectivity index (χ0v) is 13.6. The first-order chi connectivity index (χ1) is 11.0. The molecule has 0 aliphatic carbocycles. The van der Waals surface area contributed by atoms with Crippen LogP contribution in [0.3, 0.4) is 0 Å². The molecule has 2 aromatic carbocycles. The van der Waals surface area contributed by atoms with Crippen LogP contribution in [0.5, 0.6) is 0 Å². The van der Waals surface area contributed by atoms with Gasteiger partial charge in [0.25, 0.3) is 5.91 Å². The summed E-state index contributed by atoms with van der Waals surface area (Å²) in [4.78, 5) is 23.8. The van der Waals surface area contributed by atoms with E-state index in [9.17, 15) is 9.59 Å². The first-order valence-corrected chi connectivity index (χ1v) is 7.43. The first-order valence-electron chi connectivity index (χ1n) is 7.43. The minimum Gasteiger partial charge on any atom is -0.325 e. The maximum absolute atomic E-state index is 12.3. The maximum atomic E-state index is 12.3. The van der Waals surface area contributed by atoms with Gasteiger partial charge in [-0.3, -0.25) is 9.59 Å². The van der Waals surface area contributed by atoms with Crippen molar-refractivity contribution in [2.24, 2.45) is 0 Å². The number of anilines is 2. The average molecular weight is 311 g/mol. The standard InChI is InChI=1S/C18H21N3O2/c1-12-5-4-6-13(2)17(12)21-18(23)14-7-9-15(10-8-14)20-16(22)11-19-3/h4-10,19H,11H2,1-3H3,(H,20,22)(H,21,23). The molecule has 2 aromatic rings. The molecule has 0 saturated heterocycles. The van der Waals surface area contributed by atoms with Crippen molar-refractivity contribution in [3.05, 3.63) is 59.2 Å². The number of carbonyl (C=O) groups excluding carboxylic acids is 2. The summed E-state index contributed by atoms with van der Waals surface area (Å²) < 4.78 is 0. The summed E-state index contributed by atoms with van der Waals surface area (Å²) in [6.45, 7) is 4.17. The molecule has 0 aliphatic heterocycles. The summed E-state index contributed by atoms with van der Waals surface area (Å²) in [5.74, 6) is -0.296. The smallest absolute Gasteiger partial charge is 0.255 e. The minimum atomic E-state index is -0.171. The van der Waals surface area contributed by atoms with Gasteiger partial charge in [-0.2, -0.15) is 0 Å². The fourth-order valence-corrected chi connectivity index (χ4v) is 2.27. The second-order valence-electron chi connectivity index (χ2n) is 5.38. The van der Waals surface area contributed by atoms with E-state index in [4.69, 9.17) is 0 Å². The third-order valence-electron chi connectivity index (χ3n) is 3.49. The predicted octanol–water partition coefficient (Wildman–Crippen LogP) is 2.71. The van der Waals surface area contributed by atoms with Crippen LogP contribution < -0.4 is 16.0 Å². The Kier molecular flexibility index (Phi) is 5.49. The van der Waals surface area contributed by atoms with Crippen molar-refractivity contribution in [1.29, 1.82) is 0 Å². The van der Waals surface area contributed by atoms with Gasteiger partial charge in [-0.05, 0) is 56.3 Å². The van der Waals surface area contributed by atoms with E-state index < -0.39 is 0 Å². The largest absolute Gasteiger partial charge is 0.325 e. The molecule has 0 bridgehead atoms. The molecule has 5 heteroatoms. The van der Waals surface area contributed by atoms with Gasteiger partial charge in [-0.1, -0.05) is 18.2 Å². The van der Waals surface area contributed by atoms with Gasteiger partial charge in [0.2, 0.25) is 5.91 Å². The molecule has 2 amide bonds. The summed E-state index contributed by atoms with van der Waals surface area (Å²) in [6, 6.07) is 12.7. The SMILES string of the molecule is CNCC(=O)Nc1ccc(C(=O)Nc2c(C)cccc2C)cc1. The third kappa shape index (κ3) is 4.40. The highest BCUT2D eigenvalue weighted by Gasteiger charge is 2.10.